The van der Waals surface area contributed by atoms with Crippen molar-refractivity contribution in [3.63, 3.8) is 0 Å². The van der Waals surface area contributed by atoms with Crippen molar-refractivity contribution < 1.29 is 4.74 Å². The zero-order valence-electron chi connectivity index (χ0n) is 13.8. The summed E-state index contributed by atoms with van der Waals surface area (Å²) in [4.78, 5) is 12.5. The number of hydrogen-bond acceptors (Lipinski definition) is 3. The van der Waals surface area contributed by atoms with E-state index in [1.807, 2.05) is 60.8 Å². The van der Waals surface area contributed by atoms with Gasteiger partial charge in [-0.05, 0) is 36.4 Å². The van der Waals surface area contributed by atoms with Gasteiger partial charge in [0.15, 0.2) is 0 Å². The van der Waals surface area contributed by atoms with Gasteiger partial charge in [-0.2, -0.15) is 0 Å². The highest BCUT2D eigenvalue weighted by molar-refractivity contribution is 5.80. The van der Waals surface area contributed by atoms with E-state index in [9.17, 15) is 0 Å². The van der Waals surface area contributed by atoms with Crippen LogP contribution in [0.2, 0.25) is 0 Å². The molecule has 0 radical (unpaired) electrons. The number of nitrogens with one attached hydrogen (secondary N) is 1. The third-order valence-corrected chi connectivity index (χ3v) is 4.06. The molecule has 25 heavy (non-hydrogen) atoms. The standard InChI is InChI=1S/C21H17N3O/c1-25-18-11-9-16(10-12-18)21-23-19(15-6-3-2-4-7-15)20(24-21)17-8-5-13-22-14-17/h2-14H,1H3,(H,23,24). The van der Waals surface area contributed by atoms with E-state index in [-0.39, 0.29) is 0 Å². The maximum absolute atomic E-state index is 5.23. The van der Waals surface area contributed by atoms with Crippen LogP contribution in [0.15, 0.2) is 79.1 Å². The lowest BCUT2D eigenvalue weighted by Gasteiger charge is -2.02. The quantitative estimate of drug-likeness (QED) is 0.585. The minimum Gasteiger partial charge on any atom is -0.497 e. The number of rotatable bonds is 4. The number of nitrogens with zero attached hydrogens (tertiary/aromatic N) is 2. The minimum atomic E-state index is 0.820. The first-order chi connectivity index (χ1) is 12.3. The molecule has 1 N–H and O–H groups in total. The molecule has 0 aliphatic rings. The number of benzene rings is 2. The van der Waals surface area contributed by atoms with Gasteiger partial charge < -0.3 is 9.72 Å². The topological polar surface area (TPSA) is 50.8 Å². The van der Waals surface area contributed by atoms with Crippen LogP contribution in [-0.2, 0) is 0 Å². The Bertz CT molecular complexity index is 904. The Kier molecular flexibility index (Phi) is 4.01. The first kappa shape index (κ1) is 15.1. The van der Waals surface area contributed by atoms with E-state index in [1.54, 1.807) is 13.3 Å². The van der Waals surface area contributed by atoms with E-state index < -0.39 is 0 Å². The molecule has 0 amide bonds. The predicted octanol–water partition coefficient (Wildman–Crippen LogP) is 4.81. The molecule has 2 heterocycles. The average Bonchev–Trinajstić information content (AvgIpc) is 3.15. The molecule has 0 atom stereocenters. The molecular formula is C21H17N3O. The molecule has 0 unspecified atom stereocenters. The highest BCUT2D eigenvalue weighted by Crippen LogP contribution is 2.32. The number of imidazole rings is 1. The number of pyridine rings is 1. The second-order valence-corrected chi connectivity index (χ2v) is 5.65. The van der Waals surface area contributed by atoms with Crippen molar-refractivity contribution in [1.29, 1.82) is 0 Å². The Morgan fingerprint density at radius 1 is 0.800 bits per heavy atom. The number of aromatic amines is 1. The number of ether oxygens (including phenoxy) is 1. The van der Waals surface area contributed by atoms with E-state index in [4.69, 9.17) is 9.72 Å². The summed E-state index contributed by atoms with van der Waals surface area (Å²) in [6, 6.07) is 22.0. The van der Waals surface area contributed by atoms with Crippen LogP contribution in [-0.4, -0.2) is 22.1 Å². The van der Waals surface area contributed by atoms with E-state index in [2.05, 4.69) is 22.1 Å². The van der Waals surface area contributed by atoms with Crippen LogP contribution in [0.5, 0.6) is 5.75 Å². The van der Waals surface area contributed by atoms with Crippen LogP contribution in [0, 0.1) is 0 Å². The lowest BCUT2D eigenvalue weighted by Crippen LogP contribution is -1.84. The SMILES string of the molecule is COc1ccc(-c2nc(-c3cccnc3)c(-c3ccccc3)[nH]2)cc1. The lowest BCUT2D eigenvalue weighted by atomic mass is 10.1. The third-order valence-electron chi connectivity index (χ3n) is 4.06. The van der Waals surface area contributed by atoms with Crippen LogP contribution < -0.4 is 4.74 Å². The number of aromatic nitrogens is 3. The molecule has 0 saturated carbocycles. The molecule has 0 aliphatic carbocycles. The summed E-state index contributed by atoms with van der Waals surface area (Å²) >= 11 is 0. The fourth-order valence-electron chi connectivity index (χ4n) is 2.78. The van der Waals surface area contributed by atoms with Gasteiger partial charge in [0, 0.05) is 29.1 Å². The van der Waals surface area contributed by atoms with Crippen LogP contribution in [0.1, 0.15) is 0 Å². The summed E-state index contributed by atoms with van der Waals surface area (Å²) in [6.07, 6.45) is 3.60. The molecule has 0 aliphatic heterocycles. The van der Waals surface area contributed by atoms with Crippen LogP contribution in [0.4, 0.5) is 0 Å². The van der Waals surface area contributed by atoms with Crippen molar-refractivity contribution in [3.05, 3.63) is 79.1 Å². The Hall–Kier alpha value is -3.40. The van der Waals surface area contributed by atoms with Gasteiger partial charge in [-0.25, -0.2) is 4.98 Å². The molecule has 2 aromatic heterocycles. The predicted molar refractivity (Wildman–Crippen MR) is 99.2 cm³/mol. The Morgan fingerprint density at radius 3 is 2.24 bits per heavy atom. The maximum atomic E-state index is 5.23. The van der Waals surface area contributed by atoms with E-state index in [1.165, 1.54) is 0 Å². The van der Waals surface area contributed by atoms with Crippen molar-refractivity contribution in [2.45, 2.75) is 0 Å². The summed E-state index contributed by atoms with van der Waals surface area (Å²) in [7, 11) is 1.66. The van der Waals surface area contributed by atoms with E-state index >= 15 is 0 Å². The van der Waals surface area contributed by atoms with Gasteiger partial charge in [0.2, 0.25) is 0 Å². The molecular weight excluding hydrogens is 310 g/mol. The summed E-state index contributed by atoms with van der Waals surface area (Å²) in [5.41, 5.74) is 4.96. The highest BCUT2D eigenvalue weighted by Gasteiger charge is 2.15. The van der Waals surface area contributed by atoms with Gasteiger partial charge >= 0.3 is 0 Å². The zero-order chi connectivity index (χ0) is 17.1. The van der Waals surface area contributed by atoms with Crippen molar-refractivity contribution in [2.24, 2.45) is 0 Å². The highest BCUT2D eigenvalue weighted by atomic mass is 16.5. The maximum Gasteiger partial charge on any atom is 0.138 e. The monoisotopic (exact) mass is 327 g/mol. The largest absolute Gasteiger partial charge is 0.497 e. The van der Waals surface area contributed by atoms with Crippen LogP contribution in [0.25, 0.3) is 33.9 Å². The van der Waals surface area contributed by atoms with Crippen molar-refractivity contribution in [2.75, 3.05) is 7.11 Å². The third kappa shape index (κ3) is 3.02. The molecule has 0 fully saturated rings. The summed E-state index contributed by atoms with van der Waals surface area (Å²) in [6.45, 7) is 0. The molecule has 0 spiro atoms. The zero-order valence-corrected chi connectivity index (χ0v) is 13.8. The molecule has 4 aromatic rings. The first-order valence-electron chi connectivity index (χ1n) is 8.05. The van der Waals surface area contributed by atoms with Gasteiger partial charge in [-0.1, -0.05) is 30.3 Å². The van der Waals surface area contributed by atoms with Gasteiger partial charge in [0.25, 0.3) is 0 Å². The van der Waals surface area contributed by atoms with Gasteiger partial charge in [-0.15, -0.1) is 0 Å². The molecule has 122 valence electrons. The van der Waals surface area contributed by atoms with E-state index in [0.717, 1.165) is 39.7 Å². The van der Waals surface area contributed by atoms with E-state index in [0.29, 0.717) is 0 Å². The minimum absolute atomic E-state index is 0.820. The second kappa shape index (κ2) is 6.61. The van der Waals surface area contributed by atoms with Crippen molar-refractivity contribution in [3.8, 4) is 39.7 Å². The average molecular weight is 327 g/mol. The van der Waals surface area contributed by atoms with Gasteiger partial charge in [0.05, 0.1) is 18.5 Å². The summed E-state index contributed by atoms with van der Waals surface area (Å²) in [5.74, 6) is 1.64. The molecule has 4 nitrogen and oxygen atoms in total. The summed E-state index contributed by atoms with van der Waals surface area (Å²) in [5, 5.41) is 0. The van der Waals surface area contributed by atoms with Gasteiger partial charge in [0.1, 0.15) is 11.6 Å². The lowest BCUT2D eigenvalue weighted by molar-refractivity contribution is 0.415. The Morgan fingerprint density at radius 2 is 1.56 bits per heavy atom. The molecule has 4 rings (SSSR count). The molecule has 2 aromatic carbocycles. The fourth-order valence-corrected chi connectivity index (χ4v) is 2.78. The smallest absolute Gasteiger partial charge is 0.138 e. The fraction of sp³-hybridized carbons (Fsp3) is 0.0476. The number of methoxy groups -OCH3 is 1. The van der Waals surface area contributed by atoms with Crippen molar-refractivity contribution >= 4 is 0 Å². The second-order valence-electron chi connectivity index (χ2n) is 5.65. The molecule has 0 bridgehead atoms. The number of H-pyrrole nitrogens is 1. The first-order valence-corrected chi connectivity index (χ1v) is 8.05. The Balaban J connectivity index is 1.86. The molecule has 4 heteroatoms. The van der Waals surface area contributed by atoms with Crippen molar-refractivity contribution in [1.82, 2.24) is 15.0 Å². The number of hydrogen-bond donors (Lipinski definition) is 1. The molecule has 0 saturated heterocycles. The van der Waals surface area contributed by atoms with Crippen LogP contribution >= 0.6 is 0 Å². The van der Waals surface area contributed by atoms with Crippen LogP contribution in [0.3, 0.4) is 0 Å². The summed E-state index contributed by atoms with van der Waals surface area (Å²) < 4.78 is 5.23. The Labute approximate surface area is 146 Å². The normalized spacial score (nSPS) is 10.6. The van der Waals surface area contributed by atoms with Gasteiger partial charge in [-0.3, -0.25) is 4.98 Å².